The normalized spacial score (nSPS) is 19.7. The van der Waals surface area contributed by atoms with E-state index >= 15 is 0 Å². The monoisotopic (exact) mass is 608 g/mol. The zero-order chi connectivity index (χ0) is 31.4. The number of imidazole rings is 1. The predicted molar refractivity (Wildman–Crippen MR) is 156 cm³/mol. The zero-order valence-corrected chi connectivity index (χ0v) is 24.3. The molecule has 0 aliphatic carbocycles. The van der Waals surface area contributed by atoms with Crippen molar-refractivity contribution in [1.82, 2.24) is 29.2 Å². The number of hydrogen-bond donors (Lipinski definition) is 2. The number of amides is 2. The first-order valence-corrected chi connectivity index (χ1v) is 14.0. The first-order valence-electron chi connectivity index (χ1n) is 14.0. The maximum Gasteiger partial charge on any atom is 0.416 e. The number of nitrogen functional groups attached to an aromatic ring is 1. The number of nitrogens with zero attached hydrogens (tertiary/aromatic N) is 6. The number of ether oxygens (including phenoxy) is 1. The molecular weight excluding hydrogens is 577 g/mol. The average Bonchev–Trinajstić information content (AvgIpc) is 3.37. The maximum absolute atomic E-state index is 13.2. The van der Waals surface area contributed by atoms with Gasteiger partial charge in [0.15, 0.2) is 0 Å². The Balaban J connectivity index is 1.25. The fourth-order valence-electron chi connectivity index (χ4n) is 5.55. The molecule has 0 saturated carbocycles. The molecule has 6 rings (SSSR count). The number of carbonyl (C=O) groups is 2. The van der Waals surface area contributed by atoms with Crippen molar-refractivity contribution >= 4 is 29.0 Å². The third-order valence-corrected chi connectivity index (χ3v) is 7.97. The summed E-state index contributed by atoms with van der Waals surface area (Å²) < 4.78 is 47.2. The van der Waals surface area contributed by atoms with Gasteiger partial charge < -0.3 is 20.7 Å². The lowest BCUT2D eigenvalue weighted by molar-refractivity contribution is -0.159. The molecule has 3 N–H and O–H groups in total. The molecule has 11 nitrogen and oxygen atoms in total. The summed E-state index contributed by atoms with van der Waals surface area (Å²) in [4.78, 5) is 42.9. The minimum Gasteiger partial charge on any atom is -0.382 e. The molecule has 0 bridgehead atoms. The van der Waals surface area contributed by atoms with Gasteiger partial charge in [-0.1, -0.05) is 12.1 Å². The van der Waals surface area contributed by atoms with Crippen LogP contribution in [0.5, 0.6) is 0 Å². The second kappa shape index (κ2) is 10.9. The topological polar surface area (TPSA) is 131 Å². The standard InChI is InChI=1S/C30H31F3N8O3/c1-29(2,3)39-13-20-16-44-21(14-41(20)23(42)15-39)27-38-24(25-26(34)36-10-11-40(25)27)17-4-6-18(7-5-17)28(43)37-22-12-19(8-9-35-22)30(31,32)33/h4-12,20-21H,13-16H2,1-3H3,(H2,34,36)(H,35,37,43)/t20-,21-/m1/s1. The highest BCUT2D eigenvalue weighted by atomic mass is 19.4. The Bertz CT molecular complexity index is 1730. The van der Waals surface area contributed by atoms with Crippen LogP contribution in [0.3, 0.4) is 0 Å². The lowest BCUT2D eigenvalue weighted by Gasteiger charge is -2.49. The van der Waals surface area contributed by atoms with Crippen LogP contribution in [0.4, 0.5) is 24.8 Å². The van der Waals surface area contributed by atoms with Crippen molar-refractivity contribution in [1.29, 1.82) is 0 Å². The van der Waals surface area contributed by atoms with Gasteiger partial charge in [0, 0.05) is 41.8 Å². The van der Waals surface area contributed by atoms with Crippen molar-refractivity contribution in [2.24, 2.45) is 0 Å². The Hall–Kier alpha value is -4.56. The van der Waals surface area contributed by atoms with Crippen molar-refractivity contribution in [2.45, 2.75) is 44.6 Å². The molecule has 230 valence electrons. The molecule has 0 spiro atoms. The summed E-state index contributed by atoms with van der Waals surface area (Å²) >= 11 is 0. The SMILES string of the molecule is CC(C)(C)N1CC(=O)N2C[C@H](c3nc(-c4ccc(C(=O)Nc5cc(C(F)(F)F)ccn5)cc4)c4c(N)nccn34)OC[C@H]2C1. The van der Waals surface area contributed by atoms with Gasteiger partial charge in [0.25, 0.3) is 5.91 Å². The number of hydrogen-bond acceptors (Lipinski definition) is 8. The number of fused-ring (bicyclic) bond motifs is 2. The number of pyridine rings is 1. The number of piperazine rings is 1. The van der Waals surface area contributed by atoms with E-state index in [1.807, 2.05) is 4.90 Å². The van der Waals surface area contributed by atoms with Crippen LogP contribution in [0.2, 0.25) is 0 Å². The van der Waals surface area contributed by atoms with Crippen LogP contribution in [-0.4, -0.2) is 78.8 Å². The highest BCUT2D eigenvalue weighted by Gasteiger charge is 2.42. The first-order chi connectivity index (χ1) is 20.8. The minimum atomic E-state index is -4.56. The molecular formula is C30H31F3N8O3. The van der Waals surface area contributed by atoms with Crippen molar-refractivity contribution in [3.05, 3.63) is 71.9 Å². The Kier molecular flexibility index (Phi) is 7.28. The van der Waals surface area contributed by atoms with Gasteiger partial charge in [-0.3, -0.25) is 18.9 Å². The number of nitrogens with one attached hydrogen (secondary N) is 1. The van der Waals surface area contributed by atoms with Gasteiger partial charge in [-0.2, -0.15) is 13.2 Å². The third kappa shape index (κ3) is 5.57. The molecule has 1 aromatic carbocycles. The van der Waals surface area contributed by atoms with E-state index in [1.165, 1.54) is 12.1 Å². The van der Waals surface area contributed by atoms with Gasteiger partial charge in [-0.25, -0.2) is 15.0 Å². The number of aromatic nitrogens is 4. The zero-order valence-electron chi connectivity index (χ0n) is 24.3. The van der Waals surface area contributed by atoms with Crippen LogP contribution in [0.25, 0.3) is 16.8 Å². The fraction of sp³-hybridized carbons (Fsp3) is 0.367. The van der Waals surface area contributed by atoms with Crippen LogP contribution < -0.4 is 11.1 Å². The Labute approximate surface area is 250 Å². The average molecular weight is 609 g/mol. The van der Waals surface area contributed by atoms with Gasteiger partial charge in [-0.05, 0) is 45.0 Å². The van der Waals surface area contributed by atoms with Gasteiger partial charge in [0.1, 0.15) is 34.8 Å². The van der Waals surface area contributed by atoms with Crippen LogP contribution in [-0.2, 0) is 15.7 Å². The van der Waals surface area contributed by atoms with Crippen LogP contribution in [0.15, 0.2) is 55.0 Å². The molecule has 2 saturated heterocycles. The number of halogens is 3. The second-order valence-electron chi connectivity index (χ2n) is 11.9. The highest BCUT2D eigenvalue weighted by molar-refractivity contribution is 6.04. The Morgan fingerprint density at radius 2 is 1.82 bits per heavy atom. The summed E-state index contributed by atoms with van der Waals surface area (Å²) in [5.41, 5.74) is 7.13. The highest BCUT2D eigenvalue weighted by Crippen LogP contribution is 2.35. The Morgan fingerprint density at radius 1 is 1.07 bits per heavy atom. The number of rotatable bonds is 4. The van der Waals surface area contributed by atoms with Crippen molar-refractivity contribution in [2.75, 3.05) is 37.3 Å². The molecule has 2 amide bonds. The van der Waals surface area contributed by atoms with Crippen molar-refractivity contribution in [3.8, 4) is 11.3 Å². The molecule has 2 aliphatic heterocycles. The van der Waals surface area contributed by atoms with Crippen LogP contribution in [0, 0.1) is 0 Å². The second-order valence-corrected chi connectivity index (χ2v) is 11.9. The first kappa shape index (κ1) is 29.5. The van der Waals surface area contributed by atoms with Crippen LogP contribution >= 0.6 is 0 Å². The van der Waals surface area contributed by atoms with Gasteiger partial charge in [0.05, 0.1) is 31.3 Å². The molecule has 0 unspecified atom stereocenters. The smallest absolute Gasteiger partial charge is 0.382 e. The Morgan fingerprint density at radius 3 is 2.52 bits per heavy atom. The molecule has 0 radical (unpaired) electrons. The molecule has 2 fully saturated rings. The number of alkyl halides is 3. The lowest BCUT2D eigenvalue weighted by Crippen LogP contribution is -2.64. The van der Waals surface area contributed by atoms with E-state index < -0.39 is 23.8 Å². The number of morpholine rings is 1. The number of carbonyl (C=O) groups excluding carboxylic acids is 2. The number of benzene rings is 1. The van der Waals surface area contributed by atoms with E-state index in [2.05, 4.69) is 41.0 Å². The summed E-state index contributed by atoms with van der Waals surface area (Å²) in [6.07, 6.45) is -0.792. The maximum atomic E-state index is 13.2. The molecule has 2 aliphatic rings. The van der Waals surface area contributed by atoms with Crippen LogP contribution in [0.1, 0.15) is 48.6 Å². The van der Waals surface area contributed by atoms with Gasteiger partial charge >= 0.3 is 6.18 Å². The van der Waals surface area contributed by atoms with Gasteiger partial charge in [0.2, 0.25) is 5.91 Å². The predicted octanol–water partition coefficient (Wildman–Crippen LogP) is 4.03. The lowest BCUT2D eigenvalue weighted by atomic mass is 10.0. The quantitative estimate of drug-likeness (QED) is 0.355. The van der Waals surface area contributed by atoms with Crippen molar-refractivity contribution in [3.63, 3.8) is 0 Å². The summed E-state index contributed by atoms with van der Waals surface area (Å²) in [5, 5.41) is 2.40. The molecule has 5 heterocycles. The van der Waals surface area contributed by atoms with Gasteiger partial charge in [-0.15, -0.1) is 0 Å². The molecule has 2 atom stereocenters. The summed E-state index contributed by atoms with van der Waals surface area (Å²) in [6.45, 7) is 8.02. The van der Waals surface area contributed by atoms with E-state index in [0.717, 1.165) is 24.9 Å². The van der Waals surface area contributed by atoms with E-state index in [4.69, 9.17) is 15.5 Å². The number of nitrogens with two attached hydrogens (primary N) is 1. The summed E-state index contributed by atoms with van der Waals surface area (Å²) in [6, 6.07) is 7.94. The largest absolute Gasteiger partial charge is 0.416 e. The van der Waals surface area contributed by atoms with Crippen molar-refractivity contribution < 1.29 is 27.5 Å². The third-order valence-electron chi connectivity index (χ3n) is 7.97. The minimum absolute atomic E-state index is 0.0425. The fourth-order valence-corrected chi connectivity index (χ4v) is 5.55. The van der Waals surface area contributed by atoms with E-state index in [1.54, 1.807) is 28.9 Å². The van der Waals surface area contributed by atoms with E-state index in [0.29, 0.717) is 42.3 Å². The summed E-state index contributed by atoms with van der Waals surface area (Å²) in [5.74, 6) is 0.000982. The van der Waals surface area contributed by atoms with E-state index in [9.17, 15) is 22.8 Å². The summed E-state index contributed by atoms with van der Waals surface area (Å²) in [7, 11) is 0. The van der Waals surface area contributed by atoms with E-state index in [-0.39, 0.29) is 34.7 Å². The molecule has 4 aromatic rings. The molecule has 14 heteroatoms. The molecule has 44 heavy (non-hydrogen) atoms. The number of anilines is 2. The molecule has 3 aromatic heterocycles.